The van der Waals surface area contributed by atoms with Gasteiger partial charge in [0.05, 0.1) is 0 Å². The quantitative estimate of drug-likeness (QED) is 0.469. The smallest absolute Gasteiger partial charge is 0.124 e. The Morgan fingerprint density at radius 1 is 0.846 bits per heavy atom. The topological polar surface area (TPSA) is 21.3 Å². The first-order valence-electron chi connectivity index (χ1n) is 8.17. The van der Waals surface area contributed by atoms with Crippen LogP contribution in [0, 0.1) is 6.92 Å². The zero-order valence-electron chi connectivity index (χ0n) is 14.2. The van der Waals surface area contributed by atoms with E-state index in [2.05, 4.69) is 18.3 Å². The fourth-order valence-electron chi connectivity index (χ4n) is 2.58. The predicted octanol–water partition coefficient (Wildman–Crippen LogP) is 7.15. The molecule has 0 spiro atoms. The maximum absolute atomic E-state index is 6.22. The summed E-state index contributed by atoms with van der Waals surface area (Å²) in [5.74, 6) is 0.765. The van der Waals surface area contributed by atoms with Crippen LogP contribution in [0.5, 0.6) is 5.75 Å². The molecule has 0 saturated heterocycles. The van der Waals surface area contributed by atoms with Crippen LogP contribution in [0.4, 0.5) is 5.69 Å². The molecule has 134 valence electrons. The highest BCUT2D eigenvalue weighted by atomic mass is 35.5. The van der Waals surface area contributed by atoms with Crippen LogP contribution in [0.3, 0.4) is 0 Å². The number of nitrogens with one attached hydrogen (secondary N) is 1. The molecule has 0 aliphatic carbocycles. The lowest BCUT2D eigenvalue weighted by molar-refractivity contribution is 0.303. The lowest BCUT2D eigenvalue weighted by Crippen LogP contribution is -2.05. The Morgan fingerprint density at radius 2 is 1.58 bits per heavy atom. The maximum atomic E-state index is 6.22. The molecule has 0 aliphatic rings. The Hall–Kier alpha value is -1.87. The zero-order chi connectivity index (χ0) is 18.5. The number of rotatable bonds is 6. The second-order valence-corrected chi connectivity index (χ2v) is 7.22. The standard InChI is InChI=1S/C21H18Cl3NO/c1-14-4-2-3-5-20(14)25-12-16-10-17(22)8-9-21(16)26-13-15-6-7-18(23)11-19(15)24/h2-11,25H,12-13H2,1H3. The van der Waals surface area contributed by atoms with Gasteiger partial charge in [0.2, 0.25) is 0 Å². The average Bonchev–Trinajstić information content (AvgIpc) is 2.61. The minimum atomic E-state index is 0.356. The third kappa shape index (κ3) is 4.85. The van der Waals surface area contributed by atoms with E-state index in [1.54, 1.807) is 12.1 Å². The van der Waals surface area contributed by atoms with E-state index >= 15 is 0 Å². The van der Waals surface area contributed by atoms with Crippen molar-refractivity contribution in [3.8, 4) is 5.75 Å². The van der Waals surface area contributed by atoms with E-state index in [1.807, 2.05) is 42.5 Å². The van der Waals surface area contributed by atoms with Crippen molar-refractivity contribution in [2.24, 2.45) is 0 Å². The van der Waals surface area contributed by atoms with Crippen LogP contribution in [-0.4, -0.2) is 0 Å². The first-order valence-corrected chi connectivity index (χ1v) is 9.31. The summed E-state index contributed by atoms with van der Waals surface area (Å²) in [6.45, 7) is 3.03. The molecule has 0 amide bonds. The molecule has 0 bridgehead atoms. The van der Waals surface area contributed by atoms with Crippen molar-refractivity contribution in [2.75, 3.05) is 5.32 Å². The molecule has 0 fully saturated rings. The van der Waals surface area contributed by atoms with Gasteiger partial charge < -0.3 is 10.1 Å². The Balaban J connectivity index is 1.74. The van der Waals surface area contributed by atoms with Gasteiger partial charge in [-0.3, -0.25) is 0 Å². The van der Waals surface area contributed by atoms with Gasteiger partial charge in [0.1, 0.15) is 12.4 Å². The molecule has 2 nitrogen and oxygen atoms in total. The van der Waals surface area contributed by atoms with Crippen molar-refractivity contribution < 1.29 is 4.74 Å². The third-order valence-electron chi connectivity index (χ3n) is 4.04. The largest absolute Gasteiger partial charge is 0.488 e. The van der Waals surface area contributed by atoms with Crippen molar-refractivity contribution >= 4 is 40.5 Å². The van der Waals surface area contributed by atoms with Crippen molar-refractivity contribution in [3.63, 3.8) is 0 Å². The molecule has 1 N–H and O–H groups in total. The lowest BCUT2D eigenvalue weighted by Gasteiger charge is -2.15. The van der Waals surface area contributed by atoms with Crippen LogP contribution >= 0.6 is 34.8 Å². The van der Waals surface area contributed by atoms with E-state index in [-0.39, 0.29) is 0 Å². The van der Waals surface area contributed by atoms with E-state index in [9.17, 15) is 0 Å². The highest BCUT2D eigenvalue weighted by molar-refractivity contribution is 6.35. The molecule has 0 aliphatic heterocycles. The molecule has 0 heterocycles. The van der Waals surface area contributed by atoms with Crippen LogP contribution < -0.4 is 10.1 Å². The monoisotopic (exact) mass is 405 g/mol. The summed E-state index contributed by atoms with van der Waals surface area (Å²) in [6, 6.07) is 19.1. The molecule has 26 heavy (non-hydrogen) atoms. The Morgan fingerprint density at radius 3 is 2.35 bits per heavy atom. The first-order chi connectivity index (χ1) is 12.5. The van der Waals surface area contributed by atoms with Gasteiger partial charge in [-0.15, -0.1) is 0 Å². The number of para-hydroxylation sites is 1. The van der Waals surface area contributed by atoms with Crippen LogP contribution in [-0.2, 0) is 13.2 Å². The SMILES string of the molecule is Cc1ccccc1NCc1cc(Cl)ccc1OCc1ccc(Cl)cc1Cl. The van der Waals surface area contributed by atoms with Crippen molar-refractivity contribution in [1.82, 2.24) is 0 Å². The van der Waals surface area contributed by atoms with Crippen molar-refractivity contribution in [3.05, 3.63) is 92.4 Å². The maximum Gasteiger partial charge on any atom is 0.124 e. The van der Waals surface area contributed by atoms with Gasteiger partial charge in [0.15, 0.2) is 0 Å². The van der Waals surface area contributed by atoms with Crippen LogP contribution in [0.25, 0.3) is 0 Å². The van der Waals surface area contributed by atoms with E-state index in [0.29, 0.717) is 28.2 Å². The number of hydrogen-bond acceptors (Lipinski definition) is 2. The first kappa shape index (κ1) is 18.9. The average molecular weight is 407 g/mol. The zero-order valence-corrected chi connectivity index (χ0v) is 16.5. The molecule has 0 unspecified atom stereocenters. The summed E-state index contributed by atoms with van der Waals surface area (Å²) in [5.41, 5.74) is 4.12. The normalized spacial score (nSPS) is 10.6. The molecule has 3 rings (SSSR count). The van der Waals surface area contributed by atoms with Crippen LogP contribution in [0.2, 0.25) is 15.1 Å². The molecule has 0 saturated carbocycles. The summed E-state index contributed by atoms with van der Waals surface area (Å²) in [4.78, 5) is 0. The fraction of sp³-hybridized carbons (Fsp3) is 0.143. The number of hydrogen-bond donors (Lipinski definition) is 1. The minimum Gasteiger partial charge on any atom is -0.488 e. The molecule has 5 heteroatoms. The van der Waals surface area contributed by atoms with Gasteiger partial charge in [-0.05, 0) is 48.9 Å². The summed E-state index contributed by atoms with van der Waals surface area (Å²) < 4.78 is 5.99. The van der Waals surface area contributed by atoms with Gasteiger partial charge in [0.25, 0.3) is 0 Å². The predicted molar refractivity (Wildman–Crippen MR) is 111 cm³/mol. The highest BCUT2D eigenvalue weighted by Gasteiger charge is 2.08. The van der Waals surface area contributed by atoms with E-state index in [1.165, 1.54) is 5.56 Å². The molecule has 0 atom stereocenters. The molecular formula is C21H18Cl3NO. The third-order valence-corrected chi connectivity index (χ3v) is 4.86. The number of halogens is 3. The highest BCUT2D eigenvalue weighted by Crippen LogP contribution is 2.27. The molecular weight excluding hydrogens is 389 g/mol. The minimum absolute atomic E-state index is 0.356. The summed E-state index contributed by atoms with van der Waals surface area (Å²) in [6.07, 6.45) is 0. The number of aryl methyl sites for hydroxylation is 1. The van der Waals surface area contributed by atoms with Crippen molar-refractivity contribution in [2.45, 2.75) is 20.1 Å². The molecule has 0 aromatic heterocycles. The van der Waals surface area contributed by atoms with Crippen LogP contribution in [0.15, 0.2) is 60.7 Å². The van der Waals surface area contributed by atoms with Gasteiger partial charge in [-0.1, -0.05) is 59.1 Å². The fourth-order valence-corrected chi connectivity index (χ4v) is 3.24. The van der Waals surface area contributed by atoms with Gasteiger partial charge in [-0.25, -0.2) is 0 Å². The molecule has 3 aromatic rings. The molecule has 3 aromatic carbocycles. The number of benzene rings is 3. The Kier molecular flexibility index (Phi) is 6.31. The van der Waals surface area contributed by atoms with E-state index in [4.69, 9.17) is 39.5 Å². The second-order valence-electron chi connectivity index (χ2n) is 5.94. The number of anilines is 1. The summed E-state index contributed by atoms with van der Waals surface area (Å²) in [7, 11) is 0. The van der Waals surface area contributed by atoms with Crippen molar-refractivity contribution in [1.29, 1.82) is 0 Å². The summed E-state index contributed by atoms with van der Waals surface area (Å²) in [5, 5.41) is 5.30. The van der Waals surface area contributed by atoms with Gasteiger partial charge in [0, 0.05) is 38.4 Å². The van der Waals surface area contributed by atoms with E-state index in [0.717, 1.165) is 22.6 Å². The second kappa shape index (κ2) is 8.68. The van der Waals surface area contributed by atoms with E-state index < -0.39 is 0 Å². The molecule has 0 radical (unpaired) electrons. The Bertz CT molecular complexity index is 912. The number of ether oxygens (including phenoxy) is 1. The Labute approximate surface area is 168 Å². The van der Waals surface area contributed by atoms with Crippen LogP contribution in [0.1, 0.15) is 16.7 Å². The van der Waals surface area contributed by atoms with Gasteiger partial charge >= 0.3 is 0 Å². The lowest BCUT2D eigenvalue weighted by atomic mass is 10.1. The van der Waals surface area contributed by atoms with Gasteiger partial charge in [-0.2, -0.15) is 0 Å². The summed E-state index contributed by atoms with van der Waals surface area (Å²) >= 11 is 18.3.